The lowest BCUT2D eigenvalue weighted by molar-refractivity contribution is 0.311. The van der Waals surface area contributed by atoms with E-state index < -0.39 is 0 Å². The van der Waals surface area contributed by atoms with Gasteiger partial charge in [-0.2, -0.15) is 0 Å². The van der Waals surface area contributed by atoms with Crippen LogP contribution in [0.15, 0.2) is 30.3 Å². The van der Waals surface area contributed by atoms with Crippen molar-refractivity contribution in [1.29, 1.82) is 0 Å². The first-order valence-corrected chi connectivity index (χ1v) is 8.76. The van der Waals surface area contributed by atoms with Crippen LogP contribution in [0.25, 0.3) is 0 Å². The summed E-state index contributed by atoms with van der Waals surface area (Å²) in [4.78, 5) is 11.8. The molecule has 1 aromatic carbocycles. The van der Waals surface area contributed by atoms with Gasteiger partial charge in [0.1, 0.15) is 17.5 Å². The fourth-order valence-electron chi connectivity index (χ4n) is 3.93. The first-order valence-electron chi connectivity index (χ1n) is 8.76. The van der Waals surface area contributed by atoms with Gasteiger partial charge in [0.25, 0.3) is 0 Å². The van der Waals surface area contributed by atoms with E-state index in [-0.39, 0.29) is 12.5 Å². The van der Waals surface area contributed by atoms with E-state index in [0.29, 0.717) is 18.5 Å². The lowest BCUT2D eigenvalue weighted by Gasteiger charge is -2.30. The highest BCUT2D eigenvalue weighted by atomic mass is 16.3. The monoisotopic (exact) mass is 324 g/mol. The molecule has 5 nitrogen and oxygen atoms in total. The molecule has 1 fully saturated rings. The first kappa shape index (κ1) is 15.4. The molecule has 1 saturated heterocycles. The number of aromatic nitrogens is 2. The Kier molecular flexibility index (Phi) is 3.88. The van der Waals surface area contributed by atoms with Gasteiger partial charge in [0.2, 0.25) is 0 Å². The lowest BCUT2D eigenvalue weighted by atomic mass is 9.99. The van der Waals surface area contributed by atoms with Crippen molar-refractivity contribution >= 4 is 11.6 Å². The highest BCUT2D eigenvalue weighted by molar-refractivity contribution is 5.57. The molecule has 2 N–H and O–H groups in total. The molecule has 0 unspecified atom stereocenters. The van der Waals surface area contributed by atoms with Gasteiger partial charge in [-0.25, -0.2) is 9.97 Å². The molecule has 2 atom stereocenters. The Hall–Kier alpha value is -2.14. The summed E-state index contributed by atoms with van der Waals surface area (Å²) in [7, 11) is 0. The summed E-state index contributed by atoms with van der Waals surface area (Å²) < 4.78 is 0. The van der Waals surface area contributed by atoms with Crippen molar-refractivity contribution in [3.63, 3.8) is 0 Å². The number of hydrogen-bond acceptors (Lipinski definition) is 5. The third-order valence-electron chi connectivity index (χ3n) is 5.05. The van der Waals surface area contributed by atoms with Crippen LogP contribution in [0.2, 0.25) is 0 Å². The van der Waals surface area contributed by atoms with E-state index in [1.807, 2.05) is 6.07 Å². The van der Waals surface area contributed by atoms with Crippen LogP contribution in [0, 0.1) is 0 Å². The second kappa shape index (κ2) is 6.06. The molecule has 1 aromatic heterocycles. The summed E-state index contributed by atoms with van der Waals surface area (Å²) in [6, 6.07) is 11.2. The number of aliphatic hydroxyl groups excluding tert-OH is 1. The van der Waals surface area contributed by atoms with Crippen molar-refractivity contribution in [2.75, 3.05) is 29.9 Å². The van der Waals surface area contributed by atoms with Crippen LogP contribution < -0.4 is 10.2 Å². The van der Waals surface area contributed by atoms with E-state index in [4.69, 9.17) is 10.1 Å². The van der Waals surface area contributed by atoms with Crippen molar-refractivity contribution in [3.05, 3.63) is 47.3 Å². The Morgan fingerprint density at radius 2 is 2.04 bits per heavy atom. The van der Waals surface area contributed by atoms with Crippen LogP contribution in [0.1, 0.15) is 55.1 Å². The largest absolute Gasteiger partial charge is 0.395 e. The lowest BCUT2D eigenvalue weighted by Crippen LogP contribution is -2.28. The highest BCUT2D eigenvalue weighted by Crippen LogP contribution is 2.51. The standard InChI is InChI=1S/C19H24N4O/c1-12(2)19-21-17(20-7-8-24)10-18(22-19)23-11-13-9-16(23)15-6-4-3-5-14(13)15/h3-6,10,12-13,16,24H,7-9,11H2,1-2H3,(H,20,21,22)/t13-,16+/m1/s1. The predicted molar refractivity (Wildman–Crippen MR) is 95.6 cm³/mol. The zero-order valence-corrected chi connectivity index (χ0v) is 14.2. The maximum absolute atomic E-state index is 9.07. The third-order valence-corrected chi connectivity index (χ3v) is 5.05. The minimum absolute atomic E-state index is 0.0954. The van der Waals surface area contributed by atoms with Gasteiger partial charge in [0, 0.05) is 31.0 Å². The fourth-order valence-corrected chi connectivity index (χ4v) is 3.93. The van der Waals surface area contributed by atoms with Crippen molar-refractivity contribution in [2.45, 2.75) is 38.1 Å². The number of hydrogen-bond donors (Lipinski definition) is 2. The topological polar surface area (TPSA) is 61.3 Å². The van der Waals surface area contributed by atoms with E-state index in [0.717, 1.165) is 24.0 Å². The second-order valence-electron chi connectivity index (χ2n) is 7.00. The Morgan fingerprint density at radius 1 is 1.25 bits per heavy atom. The van der Waals surface area contributed by atoms with E-state index >= 15 is 0 Å². The second-order valence-corrected chi connectivity index (χ2v) is 7.00. The van der Waals surface area contributed by atoms with Crippen LogP contribution in [-0.2, 0) is 0 Å². The van der Waals surface area contributed by atoms with Gasteiger partial charge in [0.15, 0.2) is 0 Å². The van der Waals surface area contributed by atoms with Gasteiger partial charge in [-0.3, -0.25) is 0 Å². The molecule has 2 heterocycles. The number of rotatable bonds is 5. The Balaban J connectivity index is 1.68. The molecule has 0 spiro atoms. The average molecular weight is 324 g/mol. The minimum atomic E-state index is 0.0954. The smallest absolute Gasteiger partial charge is 0.135 e. The zero-order chi connectivity index (χ0) is 16.7. The first-order chi connectivity index (χ1) is 11.7. The molecule has 0 radical (unpaired) electrons. The maximum Gasteiger partial charge on any atom is 0.135 e. The van der Waals surface area contributed by atoms with Crippen molar-refractivity contribution < 1.29 is 5.11 Å². The van der Waals surface area contributed by atoms with Crippen LogP contribution in [0.3, 0.4) is 0 Å². The zero-order valence-electron chi connectivity index (χ0n) is 14.2. The summed E-state index contributed by atoms with van der Waals surface area (Å²) in [6.45, 7) is 5.84. The van der Waals surface area contributed by atoms with E-state index in [2.05, 4.69) is 53.3 Å². The summed E-state index contributed by atoms with van der Waals surface area (Å²) in [5.74, 6) is 3.53. The van der Waals surface area contributed by atoms with Crippen LogP contribution >= 0.6 is 0 Å². The molecule has 5 heteroatoms. The quantitative estimate of drug-likeness (QED) is 0.885. The van der Waals surface area contributed by atoms with Crippen LogP contribution in [-0.4, -0.2) is 34.8 Å². The van der Waals surface area contributed by atoms with Gasteiger partial charge < -0.3 is 15.3 Å². The molecule has 2 aliphatic rings. The molecule has 4 rings (SSSR count). The number of benzene rings is 1. The number of nitrogens with zero attached hydrogens (tertiary/aromatic N) is 3. The van der Waals surface area contributed by atoms with Crippen LogP contribution in [0.4, 0.5) is 11.6 Å². The van der Waals surface area contributed by atoms with Gasteiger partial charge in [-0.1, -0.05) is 38.1 Å². The maximum atomic E-state index is 9.07. The molecular weight excluding hydrogens is 300 g/mol. The average Bonchev–Trinajstić information content (AvgIpc) is 3.19. The molecule has 0 saturated carbocycles. The number of nitrogens with one attached hydrogen (secondary N) is 1. The summed E-state index contributed by atoms with van der Waals surface area (Å²) >= 11 is 0. The van der Waals surface area contributed by atoms with E-state index in [1.165, 1.54) is 17.5 Å². The third kappa shape index (κ3) is 2.53. The molecule has 2 bridgehead atoms. The predicted octanol–water partition coefficient (Wildman–Crippen LogP) is 3.05. The molecule has 1 aliphatic heterocycles. The molecule has 0 amide bonds. The van der Waals surface area contributed by atoms with Crippen molar-refractivity contribution in [2.24, 2.45) is 0 Å². The molecular formula is C19H24N4O. The van der Waals surface area contributed by atoms with Crippen molar-refractivity contribution in [3.8, 4) is 0 Å². The van der Waals surface area contributed by atoms with Gasteiger partial charge >= 0.3 is 0 Å². The van der Waals surface area contributed by atoms with Crippen molar-refractivity contribution in [1.82, 2.24) is 9.97 Å². The molecule has 126 valence electrons. The Morgan fingerprint density at radius 3 is 2.79 bits per heavy atom. The van der Waals surface area contributed by atoms with Crippen LogP contribution in [0.5, 0.6) is 0 Å². The highest BCUT2D eigenvalue weighted by Gasteiger charge is 2.42. The minimum Gasteiger partial charge on any atom is -0.395 e. The number of anilines is 2. The summed E-state index contributed by atoms with van der Waals surface area (Å²) in [6.07, 6.45) is 1.18. The van der Waals surface area contributed by atoms with E-state index in [1.54, 1.807) is 0 Å². The molecule has 24 heavy (non-hydrogen) atoms. The Labute approximate surface area is 142 Å². The SMILES string of the molecule is CC(C)c1nc(NCCO)cc(N2C[C@H]3C[C@H]2c2ccccc23)n1. The van der Waals surface area contributed by atoms with Gasteiger partial charge in [-0.05, 0) is 17.5 Å². The fraction of sp³-hybridized carbons (Fsp3) is 0.474. The van der Waals surface area contributed by atoms with E-state index in [9.17, 15) is 0 Å². The summed E-state index contributed by atoms with van der Waals surface area (Å²) in [5, 5.41) is 12.3. The molecule has 2 aromatic rings. The summed E-state index contributed by atoms with van der Waals surface area (Å²) in [5.41, 5.74) is 2.96. The normalized spacial score (nSPS) is 21.4. The van der Waals surface area contributed by atoms with Gasteiger partial charge in [-0.15, -0.1) is 0 Å². The molecule has 1 aliphatic carbocycles. The number of fused-ring (bicyclic) bond motifs is 5. The Bertz CT molecular complexity index is 746. The van der Waals surface area contributed by atoms with Gasteiger partial charge in [0.05, 0.1) is 12.6 Å². The number of aliphatic hydroxyl groups is 1.